The van der Waals surface area contributed by atoms with E-state index in [1.54, 1.807) is 14.0 Å². The molecule has 1 aromatic rings. The third-order valence-corrected chi connectivity index (χ3v) is 2.54. The molecule has 0 aliphatic heterocycles. The Morgan fingerprint density at radius 1 is 1.50 bits per heavy atom. The smallest absolute Gasteiger partial charge is 0.135 e. The number of carbonyl (C=O) groups excluding carboxylic acids is 1. The van der Waals surface area contributed by atoms with Crippen LogP contribution in [0.25, 0.3) is 0 Å². The standard InChI is InChI=1S/C11H13BrO2/c1-7-4-9(5-8(2)13)6-10(12)11(7)14-3/h4,6H,5H2,1-3H3. The largest absolute Gasteiger partial charge is 0.495 e. The maximum Gasteiger partial charge on any atom is 0.135 e. The van der Waals surface area contributed by atoms with Crippen LogP contribution < -0.4 is 4.74 Å². The average Bonchev–Trinajstić information content (AvgIpc) is 2.01. The summed E-state index contributed by atoms with van der Waals surface area (Å²) >= 11 is 3.41. The van der Waals surface area contributed by atoms with Crippen LogP contribution in [0.1, 0.15) is 18.1 Å². The first-order valence-corrected chi connectivity index (χ1v) is 5.16. The second kappa shape index (κ2) is 4.60. The zero-order valence-corrected chi connectivity index (χ0v) is 10.1. The summed E-state index contributed by atoms with van der Waals surface area (Å²) in [6, 6.07) is 3.90. The van der Waals surface area contributed by atoms with Crippen molar-refractivity contribution in [3.63, 3.8) is 0 Å². The van der Waals surface area contributed by atoms with Crippen LogP contribution in [0, 0.1) is 6.92 Å². The van der Waals surface area contributed by atoms with Crippen molar-refractivity contribution in [2.24, 2.45) is 0 Å². The summed E-state index contributed by atoms with van der Waals surface area (Å²) < 4.78 is 6.10. The Balaban J connectivity index is 3.07. The summed E-state index contributed by atoms with van der Waals surface area (Å²) in [5, 5.41) is 0. The summed E-state index contributed by atoms with van der Waals surface area (Å²) in [6.07, 6.45) is 0.476. The molecule has 76 valence electrons. The molecule has 0 heterocycles. The minimum absolute atomic E-state index is 0.168. The number of hydrogen-bond donors (Lipinski definition) is 0. The minimum Gasteiger partial charge on any atom is -0.495 e. The average molecular weight is 257 g/mol. The molecule has 14 heavy (non-hydrogen) atoms. The lowest BCUT2D eigenvalue weighted by Gasteiger charge is -2.09. The number of Topliss-reactive ketones (excluding diaryl/α,β-unsaturated/α-hetero) is 1. The molecule has 0 unspecified atom stereocenters. The number of halogens is 1. The number of hydrogen-bond acceptors (Lipinski definition) is 2. The number of ketones is 1. The van der Waals surface area contributed by atoms with E-state index < -0.39 is 0 Å². The van der Waals surface area contributed by atoms with Crippen LogP contribution in [0.4, 0.5) is 0 Å². The van der Waals surface area contributed by atoms with Gasteiger partial charge in [-0.1, -0.05) is 6.07 Å². The van der Waals surface area contributed by atoms with E-state index in [2.05, 4.69) is 15.9 Å². The van der Waals surface area contributed by atoms with E-state index in [0.29, 0.717) is 6.42 Å². The van der Waals surface area contributed by atoms with Crippen LogP contribution in [0.5, 0.6) is 5.75 Å². The number of methoxy groups -OCH3 is 1. The van der Waals surface area contributed by atoms with Crippen molar-refractivity contribution in [2.75, 3.05) is 7.11 Å². The highest BCUT2D eigenvalue weighted by Crippen LogP contribution is 2.30. The summed E-state index contributed by atoms with van der Waals surface area (Å²) in [5.41, 5.74) is 2.06. The second-order valence-corrected chi connectivity index (χ2v) is 4.16. The highest BCUT2D eigenvalue weighted by Gasteiger charge is 2.07. The number of benzene rings is 1. The van der Waals surface area contributed by atoms with Gasteiger partial charge in [0.1, 0.15) is 11.5 Å². The zero-order valence-electron chi connectivity index (χ0n) is 8.56. The first kappa shape index (κ1) is 11.2. The van der Waals surface area contributed by atoms with Crippen LogP contribution in [-0.4, -0.2) is 12.9 Å². The molecule has 0 N–H and O–H groups in total. The predicted octanol–water partition coefficient (Wildman–Crippen LogP) is 2.90. The normalized spacial score (nSPS) is 10.0. The van der Waals surface area contributed by atoms with Gasteiger partial charge in [0.25, 0.3) is 0 Å². The zero-order chi connectivity index (χ0) is 10.7. The fraction of sp³-hybridized carbons (Fsp3) is 0.364. The first-order valence-electron chi connectivity index (χ1n) is 4.37. The Bertz CT molecular complexity index is 335. The van der Waals surface area contributed by atoms with Crippen molar-refractivity contribution in [3.05, 3.63) is 27.7 Å². The van der Waals surface area contributed by atoms with Gasteiger partial charge in [-0.2, -0.15) is 0 Å². The molecule has 0 saturated carbocycles. The molecule has 0 bridgehead atoms. The Labute approximate surface area is 92.4 Å². The molecule has 0 amide bonds. The number of carbonyl (C=O) groups is 1. The lowest BCUT2D eigenvalue weighted by Crippen LogP contribution is -1.98. The van der Waals surface area contributed by atoms with E-state index in [9.17, 15) is 4.79 Å². The van der Waals surface area contributed by atoms with E-state index in [4.69, 9.17) is 4.74 Å². The summed E-state index contributed by atoms with van der Waals surface area (Å²) in [5.74, 6) is 0.999. The third kappa shape index (κ3) is 2.58. The first-order chi connectivity index (χ1) is 6.54. The molecule has 0 fully saturated rings. The van der Waals surface area contributed by atoms with Crippen molar-refractivity contribution in [1.82, 2.24) is 0 Å². The molecule has 1 aromatic carbocycles. The Morgan fingerprint density at radius 2 is 2.14 bits per heavy atom. The highest BCUT2D eigenvalue weighted by atomic mass is 79.9. The van der Waals surface area contributed by atoms with Gasteiger partial charge in [-0.05, 0) is 47.0 Å². The van der Waals surface area contributed by atoms with Crippen molar-refractivity contribution in [1.29, 1.82) is 0 Å². The Hall–Kier alpha value is -0.830. The van der Waals surface area contributed by atoms with Gasteiger partial charge in [-0.3, -0.25) is 4.79 Å². The molecule has 0 aromatic heterocycles. The predicted molar refractivity (Wildman–Crippen MR) is 59.8 cm³/mol. The van der Waals surface area contributed by atoms with Crippen molar-refractivity contribution >= 4 is 21.7 Å². The lowest BCUT2D eigenvalue weighted by atomic mass is 10.1. The fourth-order valence-corrected chi connectivity index (χ4v) is 2.22. The molecule has 0 aliphatic rings. The van der Waals surface area contributed by atoms with E-state index in [-0.39, 0.29) is 5.78 Å². The summed E-state index contributed by atoms with van der Waals surface area (Å²) in [4.78, 5) is 10.9. The lowest BCUT2D eigenvalue weighted by molar-refractivity contribution is -0.116. The van der Waals surface area contributed by atoms with Crippen molar-refractivity contribution < 1.29 is 9.53 Å². The van der Waals surface area contributed by atoms with Gasteiger partial charge in [-0.15, -0.1) is 0 Å². The Morgan fingerprint density at radius 3 is 2.57 bits per heavy atom. The van der Waals surface area contributed by atoms with Gasteiger partial charge in [0.15, 0.2) is 0 Å². The quantitative estimate of drug-likeness (QED) is 0.832. The number of ether oxygens (including phenoxy) is 1. The van der Waals surface area contributed by atoms with Gasteiger partial charge in [-0.25, -0.2) is 0 Å². The molecule has 2 nitrogen and oxygen atoms in total. The SMILES string of the molecule is COc1c(C)cc(CC(C)=O)cc1Br. The summed E-state index contributed by atoms with van der Waals surface area (Å²) in [6.45, 7) is 3.56. The second-order valence-electron chi connectivity index (χ2n) is 3.31. The van der Waals surface area contributed by atoms with Crippen LogP contribution in [0.2, 0.25) is 0 Å². The molecular formula is C11H13BrO2. The minimum atomic E-state index is 0.168. The maximum atomic E-state index is 10.9. The van der Waals surface area contributed by atoms with Crippen LogP contribution in [-0.2, 0) is 11.2 Å². The molecule has 1 rings (SSSR count). The van der Waals surface area contributed by atoms with Crippen LogP contribution >= 0.6 is 15.9 Å². The van der Waals surface area contributed by atoms with E-state index in [1.807, 2.05) is 19.1 Å². The molecule has 0 aliphatic carbocycles. The molecule has 0 spiro atoms. The van der Waals surface area contributed by atoms with Gasteiger partial charge < -0.3 is 4.74 Å². The van der Waals surface area contributed by atoms with Crippen LogP contribution in [0.3, 0.4) is 0 Å². The van der Waals surface area contributed by atoms with Gasteiger partial charge in [0, 0.05) is 6.42 Å². The number of rotatable bonds is 3. The molecular weight excluding hydrogens is 244 g/mol. The molecule has 3 heteroatoms. The molecule has 0 radical (unpaired) electrons. The van der Waals surface area contributed by atoms with Gasteiger partial charge in [0.2, 0.25) is 0 Å². The summed E-state index contributed by atoms with van der Waals surface area (Å²) in [7, 11) is 1.64. The number of aryl methyl sites for hydroxylation is 1. The monoisotopic (exact) mass is 256 g/mol. The topological polar surface area (TPSA) is 26.3 Å². The van der Waals surface area contributed by atoms with Crippen LogP contribution in [0.15, 0.2) is 16.6 Å². The fourth-order valence-electron chi connectivity index (χ4n) is 1.45. The van der Waals surface area contributed by atoms with Gasteiger partial charge in [0.05, 0.1) is 11.6 Å². The van der Waals surface area contributed by atoms with E-state index >= 15 is 0 Å². The third-order valence-electron chi connectivity index (χ3n) is 1.95. The van der Waals surface area contributed by atoms with Gasteiger partial charge >= 0.3 is 0 Å². The van der Waals surface area contributed by atoms with E-state index in [0.717, 1.165) is 21.3 Å². The molecule has 0 atom stereocenters. The van der Waals surface area contributed by atoms with Crippen molar-refractivity contribution in [3.8, 4) is 5.75 Å². The maximum absolute atomic E-state index is 10.9. The van der Waals surface area contributed by atoms with Crippen molar-refractivity contribution in [2.45, 2.75) is 20.3 Å². The van der Waals surface area contributed by atoms with E-state index in [1.165, 1.54) is 0 Å². The Kier molecular flexibility index (Phi) is 3.69. The molecule has 0 saturated heterocycles. The highest BCUT2D eigenvalue weighted by molar-refractivity contribution is 9.10.